The summed E-state index contributed by atoms with van der Waals surface area (Å²) >= 11 is 6.38. The Morgan fingerprint density at radius 3 is 2.88 bits per heavy atom. The summed E-state index contributed by atoms with van der Waals surface area (Å²) in [6, 6.07) is 7.79. The Morgan fingerprint density at radius 1 is 1.38 bits per heavy atom. The molecule has 1 N–H and O–H groups in total. The molecule has 1 amide bonds. The van der Waals surface area contributed by atoms with Crippen LogP contribution < -0.4 is 5.32 Å². The summed E-state index contributed by atoms with van der Waals surface area (Å²) < 4.78 is 1.82. The maximum Gasteiger partial charge on any atom is 0.255 e. The van der Waals surface area contributed by atoms with E-state index < -0.39 is 0 Å². The van der Waals surface area contributed by atoms with E-state index in [1.54, 1.807) is 6.20 Å². The van der Waals surface area contributed by atoms with Gasteiger partial charge in [-0.15, -0.1) is 0 Å². The van der Waals surface area contributed by atoms with Gasteiger partial charge >= 0.3 is 0 Å². The first kappa shape index (κ1) is 16.8. The van der Waals surface area contributed by atoms with Crippen LogP contribution in [0.2, 0.25) is 5.02 Å². The van der Waals surface area contributed by atoms with E-state index in [1.165, 1.54) is 6.42 Å². The highest BCUT2D eigenvalue weighted by Gasteiger charge is 2.25. The number of amides is 1. The maximum absolute atomic E-state index is 12.7. The van der Waals surface area contributed by atoms with Crippen LogP contribution in [0, 0.1) is 0 Å². The Morgan fingerprint density at radius 2 is 2.21 bits per heavy atom. The van der Waals surface area contributed by atoms with Crippen LogP contribution in [0.4, 0.5) is 5.69 Å². The van der Waals surface area contributed by atoms with Crippen LogP contribution in [0.15, 0.2) is 30.5 Å². The number of aromatic nitrogens is 2. The van der Waals surface area contributed by atoms with Crippen molar-refractivity contribution in [3.05, 3.63) is 46.7 Å². The molecule has 128 valence electrons. The summed E-state index contributed by atoms with van der Waals surface area (Å²) in [4.78, 5) is 14.7. The van der Waals surface area contributed by atoms with Gasteiger partial charge in [-0.1, -0.05) is 11.6 Å². The lowest BCUT2D eigenvalue weighted by molar-refractivity contribution is 0.0636. The number of anilines is 1. The van der Waals surface area contributed by atoms with E-state index in [4.69, 9.17) is 11.6 Å². The van der Waals surface area contributed by atoms with Gasteiger partial charge in [0, 0.05) is 31.5 Å². The fourth-order valence-electron chi connectivity index (χ4n) is 3.12. The molecule has 1 aliphatic rings. The van der Waals surface area contributed by atoms with E-state index in [0.29, 0.717) is 17.1 Å². The van der Waals surface area contributed by atoms with E-state index >= 15 is 0 Å². The number of likely N-dealkylation sites (tertiary alicyclic amines) is 1. The van der Waals surface area contributed by atoms with Gasteiger partial charge < -0.3 is 10.2 Å². The van der Waals surface area contributed by atoms with Crippen LogP contribution in [0.25, 0.3) is 0 Å². The molecule has 0 saturated carbocycles. The number of benzene rings is 1. The summed E-state index contributed by atoms with van der Waals surface area (Å²) in [5, 5.41) is 7.95. The van der Waals surface area contributed by atoms with Gasteiger partial charge in [0.1, 0.15) is 0 Å². The second-order valence-corrected chi connectivity index (χ2v) is 6.74. The molecule has 1 aliphatic heterocycles. The number of piperidine rings is 1. The molecular formula is C18H23ClN4O. The zero-order valence-corrected chi connectivity index (χ0v) is 14.9. The van der Waals surface area contributed by atoms with Crippen LogP contribution in [0.1, 0.15) is 42.2 Å². The molecule has 2 heterocycles. The largest absolute Gasteiger partial charge is 0.379 e. The Kier molecular flexibility index (Phi) is 5.09. The molecule has 0 spiro atoms. The van der Waals surface area contributed by atoms with Gasteiger partial charge in [0.25, 0.3) is 5.91 Å². The summed E-state index contributed by atoms with van der Waals surface area (Å²) in [6.45, 7) is 3.58. The third-order valence-corrected chi connectivity index (χ3v) is 4.97. The first-order chi connectivity index (χ1) is 11.6. The molecule has 2 aromatic rings. The average molecular weight is 347 g/mol. The van der Waals surface area contributed by atoms with Crippen molar-refractivity contribution in [2.45, 2.75) is 38.8 Å². The number of rotatable bonds is 4. The molecule has 0 bridgehead atoms. The lowest BCUT2D eigenvalue weighted by Crippen LogP contribution is -2.42. The summed E-state index contributed by atoms with van der Waals surface area (Å²) in [5.41, 5.74) is 2.55. The molecule has 6 heteroatoms. The highest BCUT2D eigenvalue weighted by molar-refractivity contribution is 6.34. The Bertz CT molecular complexity index is 728. The number of halogens is 1. The van der Waals surface area contributed by atoms with Crippen molar-refractivity contribution < 1.29 is 4.79 Å². The second-order valence-electron chi connectivity index (χ2n) is 6.34. The van der Waals surface area contributed by atoms with Gasteiger partial charge in [-0.2, -0.15) is 5.10 Å². The fourth-order valence-corrected chi connectivity index (χ4v) is 3.38. The predicted molar refractivity (Wildman–Crippen MR) is 96.3 cm³/mol. The van der Waals surface area contributed by atoms with Crippen LogP contribution in [-0.2, 0) is 13.6 Å². The van der Waals surface area contributed by atoms with Crippen molar-refractivity contribution in [1.29, 1.82) is 0 Å². The van der Waals surface area contributed by atoms with Crippen LogP contribution >= 0.6 is 11.6 Å². The zero-order chi connectivity index (χ0) is 17.1. The molecular weight excluding hydrogens is 324 g/mol. The minimum atomic E-state index is 0.0328. The SMILES string of the molecule is CC1CCCCN1C(=O)c1ccc(NCc2ccnn2C)cc1Cl. The topological polar surface area (TPSA) is 50.2 Å². The molecule has 24 heavy (non-hydrogen) atoms. The van der Waals surface area contributed by atoms with E-state index in [0.717, 1.165) is 30.8 Å². The predicted octanol–water partition coefficient (Wildman–Crippen LogP) is 3.70. The monoisotopic (exact) mass is 346 g/mol. The molecule has 1 atom stereocenters. The number of aryl methyl sites for hydroxylation is 1. The van der Waals surface area contributed by atoms with Crippen molar-refractivity contribution in [2.75, 3.05) is 11.9 Å². The number of hydrogen-bond acceptors (Lipinski definition) is 3. The van der Waals surface area contributed by atoms with Crippen LogP contribution in [0.5, 0.6) is 0 Å². The van der Waals surface area contributed by atoms with Crippen molar-refractivity contribution >= 4 is 23.2 Å². The quantitative estimate of drug-likeness (QED) is 0.918. The molecule has 1 saturated heterocycles. The van der Waals surface area contributed by atoms with Gasteiger partial charge in [0.2, 0.25) is 0 Å². The maximum atomic E-state index is 12.7. The van der Waals surface area contributed by atoms with Crippen molar-refractivity contribution in [2.24, 2.45) is 7.05 Å². The van der Waals surface area contributed by atoms with Crippen molar-refractivity contribution in [3.63, 3.8) is 0 Å². The van der Waals surface area contributed by atoms with E-state index in [2.05, 4.69) is 17.3 Å². The van der Waals surface area contributed by atoms with Gasteiger partial charge in [-0.25, -0.2) is 0 Å². The summed E-state index contributed by atoms with van der Waals surface area (Å²) in [7, 11) is 1.91. The van der Waals surface area contributed by atoms with Gasteiger partial charge in [-0.05, 0) is 50.5 Å². The minimum absolute atomic E-state index is 0.0328. The Labute approximate surface area is 147 Å². The highest BCUT2D eigenvalue weighted by Crippen LogP contribution is 2.26. The fraction of sp³-hybridized carbons (Fsp3) is 0.444. The zero-order valence-electron chi connectivity index (χ0n) is 14.1. The van der Waals surface area contributed by atoms with Gasteiger partial charge in [0.05, 0.1) is 22.8 Å². The molecule has 1 aromatic heterocycles. The van der Waals surface area contributed by atoms with Gasteiger partial charge in [-0.3, -0.25) is 9.48 Å². The molecule has 1 unspecified atom stereocenters. The third kappa shape index (κ3) is 3.56. The smallest absolute Gasteiger partial charge is 0.255 e. The first-order valence-corrected chi connectivity index (χ1v) is 8.75. The normalized spacial score (nSPS) is 17.8. The molecule has 0 aliphatic carbocycles. The van der Waals surface area contributed by atoms with Crippen LogP contribution in [0.3, 0.4) is 0 Å². The Hall–Kier alpha value is -2.01. The first-order valence-electron chi connectivity index (χ1n) is 8.37. The van der Waals surface area contributed by atoms with Crippen molar-refractivity contribution in [3.8, 4) is 0 Å². The van der Waals surface area contributed by atoms with Crippen LogP contribution in [-0.4, -0.2) is 33.2 Å². The number of carbonyl (C=O) groups is 1. The molecule has 1 fully saturated rings. The third-order valence-electron chi connectivity index (χ3n) is 4.66. The number of nitrogens with one attached hydrogen (secondary N) is 1. The lowest BCUT2D eigenvalue weighted by Gasteiger charge is -2.33. The minimum Gasteiger partial charge on any atom is -0.379 e. The summed E-state index contributed by atoms with van der Waals surface area (Å²) in [6.07, 6.45) is 5.09. The molecule has 5 nitrogen and oxygen atoms in total. The van der Waals surface area contributed by atoms with E-state index in [9.17, 15) is 4.79 Å². The lowest BCUT2D eigenvalue weighted by atomic mass is 10.0. The molecule has 1 aromatic carbocycles. The average Bonchev–Trinajstić information content (AvgIpc) is 2.98. The number of carbonyl (C=O) groups excluding carboxylic acids is 1. The molecule has 3 rings (SSSR count). The molecule has 0 radical (unpaired) electrons. The standard InChI is InChI=1S/C18H23ClN4O/c1-13-5-3-4-10-23(13)18(24)16-7-6-14(11-17(16)19)20-12-15-8-9-21-22(15)2/h6-9,11,13,20H,3-5,10,12H2,1-2H3. The van der Waals surface area contributed by atoms with Crippen molar-refractivity contribution in [1.82, 2.24) is 14.7 Å². The van der Waals surface area contributed by atoms with E-state index in [-0.39, 0.29) is 11.9 Å². The number of hydrogen-bond donors (Lipinski definition) is 1. The summed E-state index contributed by atoms with van der Waals surface area (Å²) in [5.74, 6) is 0.0328. The van der Waals surface area contributed by atoms with E-state index in [1.807, 2.05) is 40.9 Å². The van der Waals surface area contributed by atoms with Gasteiger partial charge in [0.15, 0.2) is 0 Å². The Balaban J connectivity index is 1.70. The second kappa shape index (κ2) is 7.26. The highest BCUT2D eigenvalue weighted by atomic mass is 35.5. The number of nitrogens with zero attached hydrogens (tertiary/aromatic N) is 3.